The van der Waals surface area contributed by atoms with Crippen molar-refractivity contribution >= 4 is 11.6 Å². The molecule has 0 amide bonds. The van der Waals surface area contributed by atoms with Gasteiger partial charge in [0.2, 0.25) is 0 Å². The van der Waals surface area contributed by atoms with Gasteiger partial charge in [0.05, 0.1) is 24.9 Å². The van der Waals surface area contributed by atoms with Crippen LogP contribution in [0.1, 0.15) is 81.9 Å². The zero-order chi connectivity index (χ0) is 32.4. The van der Waals surface area contributed by atoms with Crippen molar-refractivity contribution in [3.63, 3.8) is 0 Å². The average Bonchev–Trinajstić information content (AvgIpc) is 3.54. The molecule has 0 spiro atoms. The Balaban J connectivity index is 1.11. The van der Waals surface area contributed by atoms with Crippen molar-refractivity contribution in [3.8, 4) is 0 Å². The summed E-state index contributed by atoms with van der Waals surface area (Å²) in [6.45, 7) is 8.23. The number of benzene rings is 2. The van der Waals surface area contributed by atoms with Crippen molar-refractivity contribution in [1.82, 2.24) is 0 Å². The number of carbonyl (C=O) groups excluding carboxylic acids is 2. The Labute approximate surface area is 271 Å². The average molecular weight is 627 g/mol. The summed E-state index contributed by atoms with van der Waals surface area (Å²) in [5.74, 6) is -0.239. The molecule has 1 heterocycles. The number of hydrogen-bond donors (Lipinski definition) is 2. The smallest absolute Gasteiger partial charge is 0.193 e. The molecule has 0 unspecified atom stereocenters. The zero-order valence-corrected chi connectivity index (χ0v) is 27.3. The molecular formula is C39H46O7. The molecule has 2 N–H and O–H groups in total. The van der Waals surface area contributed by atoms with Gasteiger partial charge in [-0.25, -0.2) is 0 Å². The highest BCUT2D eigenvalue weighted by atomic mass is 16.7. The molecule has 0 bridgehead atoms. The Bertz CT molecular complexity index is 1560. The SMILES string of the molecule is CC(C)OCc1ccc(Cc2ccc([C@H]3O[C@@H]4C[C@H]5[C@@H]6CCC7=CC(=O)C=C[C@]7(C)[C@H]6[C@@H](O)C[C@]5(C)[C@]4(C(=O)CO)O3)cc2)cc1. The quantitative estimate of drug-likeness (QED) is 0.382. The van der Waals surface area contributed by atoms with E-state index in [0.29, 0.717) is 19.4 Å². The summed E-state index contributed by atoms with van der Waals surface area (Å²) in [6, 6.07) is 16.6. The summed E-state index contributed by atoms with van der Waals surface area (Å²) in [7, 11) is 0. The Morgan fingerprint density at radius 2 is 1.72 bits per heavy atom. The Morgan fingerprint density at radius 3 is 2.39 bits per heavy atom. The number of aliphatic hydroxyl groups is 2. The van der Waals surface area contributed by atoms with Gasteiger partial charge >= 0.3 is 0 Å². The van der Waals surface area contributed by atoms with Crippen LogP contribution in [0.2, 0.25) is 0 Å². The maximum Gasteiger partial charge on any atom is 0.193 e. The van der Waals surface area contributed by atoms with Gasteiger partial charge in [-0.05, 0) is 86.6 Å². The minimum absolute atomic E-state index is 0.00606. The summed E-state index contributed by atoms with van der Waals surface area (Å²) in [5.41, 5.74) is 2.96. The van der Waals surface area contributed by atoms with E-state index in [1.807, 2.05) is 32.1 Å². The molecule has 244 valence electrons. The molecule has 0 aromatic heterocycles. The lowest BCUT2D eigenvalue weighted by Gasteiger charge is -2.59. The van der Waals surface area contributed by atoms with Gasteiger partial charge in [-0.15, -0.1) is 0 Å². The molecule has 7 nitrogen and oxygen atoms in total. The van der Waals surface area contributed by atoms with Gasteiger partial charge in [0.15, 0.2) is 23.5 Å². The molecule has 9 atom stereocenters. The molecule has 46 heavy (non-hydrogen) atoms. The molecule has 0 radical (unpaired) electrons. The number of rotatable bonds is 8. The minimum atomic E-state index is -1.35. The number of fused-ring (bicyclic) bond motifs is 7. The third kappa shape index (κ3) is 4.89. The first-order valence-corrected chi connectivity index (χ1v) is 16.9. The van der Waals surface area contributed by atoms with Crippen LogP contribution in [0.5, 0.6) is 0 Å². The van der Waals surface area contributed by atoms with E-state index in [0.717, 1.165) is 41.5 Å². The van der Waals surface area contributed by atoms with Crippen LogP contribution in [-0.2, 0) is 36.8 Å². The van der Waals surface area contributed by atoms with E-state index in [-0.39, 0.29) is 35.4 Å². The summed E-state index contributed by atoms with van der Waals surface area (Å²) >= 11 is 0. The first kappa shape index (κ1) is 31.6. The van der Waals surface area contributed by atoms with Gasteiger partial charge in [0, 0.05) is 22.3 Å². The molecular weight excluding hydrogens is 580 g/mol. The van der Waals surface area contributed by atoms with Gasteiger partial charge in [0.1, 0.15) is 6.61 Å². The summed E-state index contributed by atoms with van der Waals surface area (Å²) in [5, 5.41) is 22.1. The molecule has 2 aromatic carbocycles. The lowest BCUT2D eigenvalue weighted by Crippen LogP contribution is -2.63. The summed E-state index contributed by atoms with van der Waals surface area (Å²) in [4.78, 5) is 26.0. The van der Waals surface area contributed by atoms with Crippen molar-refractivity contribution < 1.29 is 34.0 Å². The monoisotopic (exact) mass is 626 g/mol. The molecule has 4 fully saturated rings. The lowest BCUT2D eigenvalue weighted by atomic mass is 9.46. The fourth-order valence-corrected chi connectivity index (χ4v) is 9.88. The predicted molar refractivity (Wildman–Crippen MR) is 173 cm³/mol. The van der Waals surface area contributed by atoms with E-state index in [9.17, 15) is 19.8 Å². The molecule has 5 aliphatic rings. The molecule has 2 aromatic rings. The first-order chi connectivity index (χ1) is 22.0. The zero-order valence-electron chi connectivity index (χ0n) is 27.3. The van der Waals surface area contributed by atoms with Crippen LogP contribution in [0.4, 0.5) is 0 Å². The van der Waals surface area contributed by atoms with Crippen molar-refractivity contribution in [2.45, 2.75) is 96.6 Å². The van der Waals surface area contributed by atoms with E-state index in [1.165, 1.54) is 5.56 Å². The molecule has 7 rings (SSSR count). The second-order valence-electron chi connectivity index (χ2n) is 14.9. The van der Waals surface area contributed by atoms with E-state index in [4.69, 9.17) is 14.2 Å². The third-order valence-corrected chi connectivity index (χ3v) is 12.1. The number of hydrogen-bond acceptors (Lipinski definition) is 7. The van der Waals surface area contributed by atoms with E-state index in [1.54, 1.807) is 12.2 Å². The largest absolute Gasteiger partial charge is 0.393 e. The third-order valence-electron chi connectivity index (χ3n) is 12.1. The topological polar surface area (TPSA) is 102 Å². The second-order valence-corrected chi connectivity index (χ2v) is 14.9. The van der Waals surface area contributed by atoms with Gasteiger partial charge in [0.25, 0.3) is 0 Å². The predicted octanol–water partition coefficient (Wildman–Crippen LogP) is 5.81. The van der Waals surface area contributed by atoms with Gasteiger partial charge in [-0.3, -0.25) is 9.59 Å². The van der Waals surface area contributed by atoms with Crippen LogP contribution in [-0.4, -0.2) is 52.3 Å². The lowest BCUT2D eigenvalue weighted by molar-refractivity contribution is -0.201. The van der Waals surface area contributed by atoms with Crippen molar-refractivity contribution in [3.05, 3.63) is 94.6 Å². The number of allylic oxidation sites excluding steroid dienone is 4. The van der Waals surface area contributed by atoms with Crippen molar-refractivity contribution in [1.29, 1.82) is 0 Å². The van der Waals surface area contributed by atoms with Crippen LogP contribution in [0.25, 0.3) is 0 Å². The van der Waals surface area contributed by atoms with E-state index in [2.05, 4.69) is 50.2 Å². The maximum atomic E-state index is 13.8. The fraction of sp³-hybridized carbons (Fsp3) is 0.538. The Hall–Kier alpha value is -2.94. The maximum absolute atomic E-state index is 13.8. The highest BCUT2D eigenvalue weighted by molar-refractivity contribution is 6.01. The fourth-order valence-electron chi connectivity index (χ4n) is 9.88. The first-order valence-electron chi connectivity index (χ1n) is 16.9. The number of ketones is 2. The molecule has 1 saturated heterocycles. The number of carbonyl (C=O) groups is 2. The van der Waals surface area contributed by atoms with E-state index >= 15 is 0 Å². The molecule has 7 heteroatoms. The number of Topliss-reactive ketones (excluding diaryl/α,β-unsaturated/α-hetero) is 1. The Kier molecular flexibility index (Phi) is 8.01. The van der Waals surface area contributed by atoms with Crippen LogP contribution in [0.3, 0.4) is 0 Å². The van der Waals surface area contributed by atoms with Crippen molar-refractivity contribution in [2.24, 2.45) is 28.6 Å². The second kappa shape index (κ2) is 11.6. The normalized spacial score (nSPS) is 37.8. The molecule has 3 saturated carbocycles. The van der Waals surface area contributed by atoms with E-state index < -0.39 is 41.5 Å². The highest BCUT2D eigenvalue weighted by Crippen LogP contribution is 2.70. The van der Waals surface area contributed by atoms with Crippen molar-refractivity contribution in [2.75, 3.05) is 6.61 Å². The summed E-state index contributed by atoms with van der Waals surface area (Å²) < 4.78 is 19.1. The number of aliphatic hydroxyl groups excluding tert-OH is 2. The van der Waals surface area contributed by atoms with Gasteiger partial charge in [-0.2, -0.15) is 0 Å². The minimum Gasteiger partial charge on any atom is -0.393 e. The van der Waals surface area contributed by atoms with Crippen LogP contribution in [0, 0.1) is 28.6 Å². The highest BCUT2D eigenvalue weighted by Gasteiger charge is 2.75. The van der Waals surface area contributed by atoms with Crippen LogP contribution in [0.15, 0.2) is 72.3 Å². The number of ether oxygens (including phenoxy) is 3. The van der Waals surface area contributed by atoms with Gasteiger partial charge < -0.3 is 24.4 Å². The summed E-state index contributed by atoms with van der Waals surface area (Å²) in [6.07, 6.45) is 7.00. The molecule has 4 aliphatic carbocycles. The van der Waals surface area contributed by atoms with Gasteiger partial charge in [-0.1, -0.05) is 74.0 Å². The van der Waals surface area contributed by atoms with Crippen LogP contribution >= 0.6 is 0 Å². The Morgan fingerprint density at radius 1 is 1.04 bits per heavy atom. The molecule has 1 aliphatic heterocycles. The van der Waals surface area contributed by atoms with Crippen LogP contribution < -0.4 is 0 Å². The standard InChI is InChI=1S/C39H46O7/c1-23(2)44-22-26-7-5-24(6-8-26)17-25-9-11-27(12-10-25)36-45-34-19-31-30-14-13-28-18-29(41)15-16-37(28,3)35(30)32(42)20-38(31,4)39(34,46-36)33(43)21-40/h5-12,15-16,18,23,30-32,34-36,40,42H,13-14,17,19-22H2,1-4H3/t30-,31-,32-,34+,35+,36-,37-,38-,39+/m0/s1.